The molecule has 0 amide bonds. The zero-order valence-corrected chi connectivity index (χ0v) is 26.1. The summed E-state index contributed by atoms with van der Waals surface area (Å²) >= 11 is -3.09. The molecule has 176 valence electrons. The van der Waals surface area contributed by atoms with Gasteiger partial charge in [-0.05, 0) is 0 Å². The summed E-state index contributed by atoms with van der Waals surface area (Å²) < 4.78 is 8.30. The van der Waals surface area contributed by atoms with Crippen LogP contribution < -0.4 is 0 Å². The molecule has 0 unspecified atom stereocenters. The third-order valence-electron chi connectivity index (χ3n) is 6.39. The first-order chi connectivity index (χ1) is 15.0. The van der Waals surface area contributed by atoms with Crippen molar-refractivity contribution in [3.8, 4) is 0 Å². The molecule has 0 saturated carbocycles. The molecule has 0 aliphatic rings. The Balaban J connectivity index is 2.60. The summed E-state index contributed by atoms with van der Waals surface area (Å²) in [6, 6.07) is 22.3. The molecule has 0 N–H and O–H groups in total. The summed E-state index contributed by atoms with van der Waals surface area (Å²) in [4.78, 5) is 0. The van der Waals surface area contributed by atoms with Crippen LogP contribution >= 0.6 is 0 Å². The molecule has 0 fully saturated rings. The molecule has 0 atom stereocenters. The van der Waals surface area contributed by atoms with Crippen LogP contribution in [0.5, 0.6) is 0 Å². The van der Waals surface area contributed by atoms with E-state index in [1.165, 1.54) is 39.7 Å². The zero-order chi connectivity index (χ0) is 23.8. The third kappa shape index (κ3) is 7.50. The number of hydrogen-bond donors (Lipinski definition) is 0. The van der Waals surface area contributed by atoms with E-state index in [1.54, 1.807) is 0 Å². The fourth-order valence-corrected chi connectivity index (χ4v) is 19.4. The van der Waals surface area contributed by atoms with E-state index in [0.717, 1.165) is 6.42 Å². The predicted molar refractivity (Wildman–Crippen MR) is 145 cm³/mol. The van der Waals surface area contributed by atoms with Crippen LogP contribution in [0.15, 0.2) is 60.7 Å². The molecular formula is C29H46Ge2O. The van der Waals surface area contributed by atoms with Gasteiger partial charge in [-0.3, -0.25) is 0 Å². The third-order valence-corrected chi connectivity index (χ3v) is 21.3. The molecule has 0 heterocycles. The van der Waals surface area contributed by atoms with Crippen molar-refractivity contribution in [2.24, 2.45) is 0 Å². The standard InChI is InChI=1S/C29H46Ge2O/c1-9-22-30(23-10-2)32-29(25-17-13-11-14-18-25,26-19-15-12-16-20-26)21-24-31(27(3,4)5)28(6,7)8/h11-20H,9-10,21-24H2,1-8H3. The Morgan fingerprint density at radius 3 is 1.38 bits per heavy atom. The predicted octanol–water partition coefficient (Wildman–Crippen LogP) is 9.24. The Hall–Kier alpha value is -0.514. The van der Waals surface area contributed by atoms with Crippen molar-refractivity contribution in [1.29, 1.82) is 0 Å². The molecule has 2 rings (SSSR count). The molecule has 0 saturated heterocycles. The SMILES string of the molecule is CC[CH2][Ge]([CH2]CC)[O]C(C[CH2][Ge]([C](C)(C)C)[C](C)(C)C)(c1ccccc1)c1ccccc1. The van der Waals surface area contributed by atoms with Crippen molar-refractivity contribution < 1.29 is 3.76 Å². The molecule has 1 nitrogen and oxygen atoms in total. The van der Waals surface area contributed by atoms with Crippen LogP contribution in [-0.2, 0) is 9.36 Å². The molecule has 32 heavy (non-hydrogen) atoms. The Bertz CT molecular complexity index is 715. The van der Waals surface area contributed by atoms with Gasteiger partial charge < -0.3 is 0 Å². The number of hydrogen-bond acceptors (Lipinski definition) is 1. The van der Waals surface area contributed by atoms with Gasteiger partial charge in [0.2, 0.25) is 0 Å². The van der Waals surface area contributed by atoms with Gasteiger partial charge in [0.25, 0.3) is 0 Å². The fraction of sp³-hybridized carbons (Fsp3) is 0.586. The Kier molecular flexibility index (Phi) is 10.6. The van der Waals surface area contributed by atoms with E-state index in [1.807, 2.05) is 0 Å². The van der Waals surface area contributed by atoms with E-state index in [0.29, 0.717) is 8.49 Å². The van der Waals surface area contributed by atoms with E-state index in [4.69, 9.17) is 3.76 Å². The second-order valence-electron chi connectivity index (χ2n) is 11.2. The molecule has 2 radical (unpaired) electrons. The van der Waals surface area contributed by atoms with Crippen molar-refractivity contribution in [3.05, 3.63) is 71.8 Å². The van der Waals surface area contributed by atoms with E-state index >= 15 is 0 Å². The summed E-state index contributed by atoms with van der Waals surface area (Å²) in [7, 11) is 0. The molecule has 0 aliphatic carbocycles. The molecule has 2 aromatic carbocycles. The first kappa shape index (κ1) is 27.7. The van der Waals surface area contributed by atoms with Crippen molar-refractivity contribution in [3.63, 3.8) is 0 Å². The normalized spacial score (nSPS) is 13.2. The molecule has 0 aromatic heterocycles. The second-order valence-corrected chi connectivity index (χ2v) is 25.3. The molecule has 0 spiro atoms. The van der Waals surface area contributed by atoms with E-state index in [2.05, 4.69) is 116 Å². The van der Waals surface area contributed by atoms with E-state index < -0.39 is 29.0 Å². The molecule has 3 heteroatoms. The van der Waals surface area contributed by atoms with Gasteiger partial charge in [-0.25, -0.2) is 0 Å². The van der Waals surface area contributed by atoms with Crippen molar-refractivity contribution >= 4 is 29.0 Å². The van der Waals surface area contributed by atoms with Gasteiger partial charge >= 0.3 is 209 Å². The van der Waals surface area contributed by atoms with Crippen LogP contribution in [0.25, 0.3) is 0 Å². The first-order valence-corrected chi connectivity index (χ1v) is 20.0. The van der Waals surface area contributed by atoms with Crippen molar-refractivity contribution in [2.75, 3.05) is 0 Å². The summed E-state index contributed by atoms with van der Waals surface area (Å²) in [5.41, 5.74) is 2.39. The Morgan fingerprint density at radius 1 is 0.625 bits per heavy atom. The summed E-state index contributed by atoms with van der Waals surface area (Å²) in [6.45, 7) is 19.5. The maximum atomic E-state index is 7.46. The Morgan fingerprint density at radius 2 is 1.03 bits per heavy atom. The van der Waals surface area contributed by atoms with Gasteiger partial charge in [0, 0.05) is 0 Å². The van der Waals surface area contributed by atoms with Crippen LogP contribution in [0.1, 0.15) is 85.8 Å². The maximum absolute atomic E-state index is 7.46. The van der Waals surface area contributed by atoms with Gasteiger partial charge in [0.15, 0.2) is 0 Å². The topological polar surface area (TPSA) is 9.23 Å². The monoisotopic (exact) mass is 558 g/mol. The van der Waals surface area contributed by atoms with Gasteiger partial charge in [0.1, 0.15) is 0 Å². The second kappa shape index (κ2) is 12.3. The van der Waals surface area contributed by atoms with E-state index in [-0.39, 0.29) is 5.60 Å². The number of rotatable bonds is 11. The van der Waals surface area contributed by atoms with Gasteiger partial charge in [-0.15, -0.1) is 0 Å². The quantitative estimate of drug-likeness (QED) is 0.251. The molecular weight excluding hydrogens is 510 g/mol. The zero-order valence-electron chi connectivity index (χ0n) is 21.9. The van der Waals surface area contributed by atoms with Crippen molar-refractivity contribution in [1.82, 2.24) is 0 Å². The van der Waals surface area contributed by atoms with Crippen LogP contribution in [0.3, 0.4) is 0 Å². The van der Waals surface area contributed by atoms with E-state index in [9.17, 15) is 0 Å². The summed E-state index contributed by atoms with van der Waals surface area (Å²) in [5, 5.41) is 3.90. The molecule has 0 aliphatic heterocycles. The van der Waals surface area contributed by atoms with Gasteiger partial charge in [-0.2, -0.15) is 0 Å². The van der Waals surface area contributed by atoms with Crippen molar-refractivity contribution in [2.45, 2.75) is 105 Å². The number of benzene rings is 2. The fourth-order valence-electron chi connectivity index (χ4n) is 5.25. The van der Waals surface area contributed by atoms with Crippen LogP contribution in [-0.4, -0.2) is 29.0 Å². The minimum absolute atomic E-state index is 0.309. The minimum atomic E-state index is -1.65. The average molecular weight is 556 g/mol. The Labute approximate surface area is 208 Å². The average Bonchev–Trinajstić information content (AvgIpc) is 2.72. The summed E-state index contributed by atoms with van der Waals surface area (Å²) in [6.07, 6.45) is 3.57. The molecule has 0 bridgehead atoms. The van der Waals surface area contributed by atoms with Crippen LogP contribution in [0, 0.1) is 0 Å². The van der Waals surface area contributed by atoms with Crippen LogP contribution in [0.4, 0.5) is 0 Å². The van der Waals surface area contributed by atoms with Gasteiger partial charge in [-0.1, -0.05) is 0 Å². The van der Waals surface area contributed by atoms with Crippen LogP contribution in [0.2, 0.25) is 24.3 Å². The summed E-state index contributed by atoms with van der Waals surface area (Å²) in [5.74, 6) is 0. The van der Waals surface area contributed by atoms with Gasteiger partial charge in [0.05, 0.1) is 0 Å². The first-order valence-electron chi connectivity index (χ1n) is 12.6. The molecule has 2 aromatic rings.